The van der Waals surface area contributed by atoms with Gasteiger partial charge in [0, 0.05) is 22.0 Å². The molecule has 0 aliphatic rings. The van der Waals surface area contributed by atoms with Crippen LogP contribution in [0.2, 0.25) is 0 Å². The minimum absolute atomic E-state index is 0.216. The van der Waals surface area contributed by atoms with E-state index in [-0.39, 0.29) is 31.4 Å². The number of esters is 2. The lowest BCUT2D eigenvalue weighted by Crippen LogP contribution is -2.09. The standard InChI is InChI=1S/C24H37IO4/c1-2-3-4-5-6-7-8-9-10-13-19-28-23(26)17-14-18-24(27)29-20-21-15-11-12-16-22(21)25/h11-12,15-16H,2-10,13-14,17-20H2,1H3. The van der Waals surface area contributed by atoms with Crippen molar-refractivity contribution in [3.8, 4) is 0 Å². The molecule has 0 radical (unpaired) electrons. The van der Waals surface area contributed by atoms with Crippen LogP contribution in [0.5, 0.6) is 0 Å². The third-order valence-electron chi connectivity index (χ3n) is 4.87. The smallest absolute Gasteiger partial charge is 0.306 e. The first-order valence-electron chi connectivity index (χ1n) is 11.2. The molecule has 0 unspecified atom stereocenters. The minimum atomic E-state index is -0.271. The Morgan fingerprint density at radius 2 is 1.31 bits per heavy atom. The van der Waals surface area contributed by atoms with Gasteiger partial charge in [0.25, 0.3) is 0 Å². The minimum Gasteiger partial charge on any atom is -0.466 e. The van der Waals surface area contributed by atoms with Crippen molar-refractivity contribution in [2.75, 3.05) is 6.61 Å². The number of hydrogen-bond acceptors (Lipinski definition) is 4. The summed E-state index contributed by atoms with van der Waals surface area (Å²) in [4.78, 5) is 23.5. The second kappa shape index (κ2) is 17.7. The van der Waals surface area contributed by atoms with Gasteiger partial charge in [-0.2, -0.15) is 0 Å². The summed E-state index contributed by atoms with van der Waals surface area (Å²) in [7, 11) is 0. The molecule has 1 aromatic rings. The van der Waals surface area contributed by atoms with Crippen molar-refractivity contribution in [1.82, 2.24) is 0 Å². The molecule has 4 nitrogen and oxygen atoms in total. The molecule has 5 heteroatoms. The third kappa shape index (κ3) is 14.5. The molecule has 29 heavy (non-hydrogen) atoms. The third-order valence-corrected chi connectivity index (χ3v) is 5.92. The van der Waals surface area contributed by atoms with Gasteiger partial charge in [-0.05, 0) is 41.5 Å². The maximum absolute atomic E-state index is 11.8. The summed E-state index contributed by atoms with van der Waals surface area (Å²) in [5, 5.41) is 0. The summed E-state index contributed by atoms with van der Waals surface area (Å²) in [6.45, 7) is 3.02. The van der Waals surface area contributed by atoms with Crippen molar-refractivity contribution in [2.24, 2.45) is 0 Å². The van der Waals surface area contributed by atoms with Crippen LogP contribution < -0.4 is 0 Å². The van der Waals surface area contributed by atoms with Crippen LogP contribution in [0.25, 0.3) is 0 Å². The molecule has 164 valence electrons. The monoisotopic (exact) mass is 516 g/mol. The molecular weight excluding hydrogens is 479 g/mol. The topological polar surface area (TPSA) is 52.6 Å². The molecule has 0 aliphatic carbocycles. The number of rotatable bonds is 17. The average molecular weight is 516 g/mol. The Balaban J connectivity index is 1.91. The van der Waals surface area contributed by atoms with E-state index in [9.17, 15) is 9.59 Å². The molecule has 0 amide bonds. The number of hydrogen-bond donors (Lipinski definition) is 0. The van der Waals surface area contributed by atoms with Crippen LogP contribution in [0.4, 0.5) is 0 Å². The van der Waals surface area contributed by atoms with E-state index in [1.165, 1.54) is 51.4 Å². The summed E-state index contributed by atoms with van der Waals surface area (Å²) in [5.41, 5.74) is 0.998. The largest absolute Gasteiger partial charge is 0.466 e. The average Bonchev–Trinajstić information content (AvgIpc) is 2.71. The van der Waals surface area contributed by atoms with E-state index < -0.39 is 0 Å². The van der Waals surface area contributed by atoms with Gasteiger partial charge < -0.3 is 9.47 Å². The zero-order valence-electron chi connectivity index (χ0n) is 17.9. The number of benzene rings is 1. The van der Waals surface area contributed by atoms with Gasteiger partial charge in [0.2, 0.25) is 0 Å². The number of unbranched alkanes of at least 4 members (excludes halogenated alkanes) is 9. The second-order valence-corrected chi connectivity index (χ2v) is 8.67. The molecule has 0 atom stereocenters. The number of carbonyl (C=O) groups excluding carboxylic acids is 2. The molecule has 1 aromatic carbocycles. The van der Waals surface area contributed by atoms with Crippen LogP contribution in [-0.2, 0) is 25.7 Å². The van der Waals surface area contributed by atoms with Crippen molar-refractivity contribution in [1.29, 1.82) is 0 Å². The van der Waals surface area contributed by atoms with Crippen molar-refractivity contribution in [3.63, 3.8) is 0 Å². The highest BCUT2D eigenvalue weighted by molar-refractivity contribution is 14.1. The summed E-state index contributed by atoms with van der Waals surface area (Å²) in [6.07, 6.45) is 13.6. The first-order valence-corrected chi connectivity index (χ1v) is 12.3. The fraction of sp³-hybridized carbons (Fsp3) is 0.667. The van der Waals surface area contributed by atoms with Crippen molar-refractivity contribution >= 4 is 34.5 Å². The summed E-state index contributed by atoms with van der Waals surface area (Å²) in [5.74, 6) is -0.488. The molecule has 0 saturated heterocycles. The highest BCUT2D eigenvalue weighted by atomic mass is 127. The van der Waals surface area contributed by atoms with Gasteiger partial charge in [-0.25, -0.2) is 0 Å². The first-order chi connectivity index (χ1) is 14.1. The van der Waals surface area contributed by atoms with E-state index in [1.807, 2.05) is 24.3 Å². The molecule has 0 saturated carbocycles. The van der Waals surface area contributed by atoms with Crippen LogP contribution in [0, 0.1) is 3.57 Å². The van der Waals surface area contributed by atoms with Crippen molar-refractivity contribution < 1.29 is 19.1 Å². The number of halogens is 1. The SMILES string of the molecule is CCCCCCCCCCCCOC(=O)CCCC(=O)OCc1ccccc1I. The first kappa shape index (κ1) is 25.9. The Labute approximate surface area is 190 Å². The van der Waals surface area contributed by atoms with Crippen molar-refractivity contribution in [2.45, 2.75) is 97.0 Å². The van der Waals surface area contributed by atoms with Gasteiger partial charge >= 0.3 is 11.9 Å². The molecule has 0 N–H and O–H groups in total. The van der Waals surface area contributed by atoms with E-state index in [0.29, 0.717) is 13.0 Å². The van der Waals surface area contributed by atoms with Gasteiger partial charge in [0.1, 0.15) is 6.61 Å². The summed E-state index contributed by atoms with van der Waals surface area (Å²) < 4.78 is 11.6. The lowest BCUT2D eigenvalue weighted by atomic mass is 10.1. The fourth-order valence-corrected chi connectivity index (χ4v) is 3.61. The van der Waals surface area contributed by atoms with Crippen molar-refractivity contribution in [3.05, 3.63) is 33.4 Å². The van der Waals surface area contributed by atoms with Gasteiger partial charge in [0.15, 0.2) is 0 Å². The maximum atomic E-state index is 11.8. The van der Waals surface area contributed by atoms with E-state index in [1.54, 1.807) is 0 Å². The molecule has 0 spiro atoms. The molecular formula is C24H37IO4. The van der Waals surface area contributed by atoms with Crippen LogP contribution in [0.3, 0.4) is 0 Å². The molecule has 0 aromatic heterocycles. The Kier molecular flexibility index (Phi) is 15.8. The second-order valence-electron chi connectivity index (χ2n) is 7.51. The molecule has 0 heterocycles. The predicted molar refractivity (Wildman–Crippen MR) is 126 cm³/mol. The maximum Gasteiger partial charge on any atom is 0.306 e. The van der Waals surface area contributed by atoms with Crippen LogP contribution >= 0.6 is 22.6 Å². The molecule has 0 aliphatic heterocycles. The van der Waals surface area contributed by atoms with Gasteiger partial charge in [-0.1, -0.05) is 82.9 Å². The molecule has 1 rings (SSSR count). The van der Waals surface area contributed by atoms with Gasteiger partial charge in [-0.15, -0.1) is 0 Å². The Bertz CT molecular complexity index is 574. The lowest BCUT2D eigenvalue weighted by Gasteiger charge is -2.07. The Morgan fingerprint density at radius 3 is 1.93 bits per heavy atom. The quantitative estimate of drug-likeness (QED) is 0.128. The van der Waals surface area contributed by atoms with E-state index >= 15 is 0 Å². The van der Waals surface area contributed by atoms with Gasteiger partial charge in [-0.3, -0.25) is 9.59 Å². The number of ether oxygens (including phenoxy) is 2. The fourth-order valence-electron chi connectivity index (χ4n) is 3.07. The normalized spacial score (nSPS) is 10.7. The zero-order valence-corrected chi connectivity index (χ0v) is 20.1. The highest BCUT2D eigenvalue weighted by Crippen LogP contribution is 2.13. The Hall–Kier alpha value is -1.11. The predicted octanol–water partition coefficient (Wildman–Crippen LogP) is 6.97. The lowest BCUT2D eigenvalue weighted by molar-refractivity contribution is -0.146. The van der Waals surface area contributed by atoms with Crippen LogP contribution in [0.15, 0.2) is 24.3 Å². The van der Waals surface area contributed by atoms with E-state index in [4.69, 9.17) is 9.47 Å². The van der Waals surface area contributed by atoms with Gasteiger partial charge in [0.05, 0.1) is 6.61 Å². The van der Waals surface area contributed by atoms with Crippen LogP contribution in [0.1, 0.15) is 96.0 Å². The summed E-state index contributed by atoms with van der Waals surface area (Å²) >= 11 is 2.22. The molecule has 0 bridgehead atoms. The number of carbonyl (C=O) groups is 2. The Morgan fingerprint density at radius 1 is 0.759 bits per heavy atom. The molecule has 0 fully saturated rings. The summed E-state index contributed by atoms with van der Waals surface area (Å²) in [6, 6.07) is 7.80. The van der Waals surface area contributed by atoms with E-state index in [0.717, 1.165) is 22.0 Å². The zero-order chi connectivity index (χ0) is 21.2. The van der Waals surface area contributed by atoms with Crippen LogP contribution in [-0.4, -0.2) is 18.5 Å². The highest BCUT2D eigenvalue weighted by Gasteiger charge is 2.08. The van der Waals surface area contributed by atoms with E-state index in [2.05, 4.69) is 29.5 Å².